The normalized spacial score (nSPS) is 10.8. The van der Waals surface area contributed by atoms with Gasteiger partial charge < -0.3 is 14.5 Å². The second-order valence-electron chi connectivity index (χ2n) is 5.14. The third-order valence-electron chi connectivity index (χ3n) is 3.52. The minimum Gasteiger partial charge on any atom is -0.485 e. The fourth-order valence-corrected chi connectivity index (χ4v) is 2.15. The van der Waals surface area contributed by atoms with E-state index >= 15 is 0 Å². The Hall–Kier alpha value is -1.74. The van der Waals surface area contributed by atoms with Gasteiger partial charge in [-0.3, -0.25) is 0 Å². The summed E-state index contributed by atoms with van der Waals surface area (Å²) in [6.45, 7) is 10.6. The lowest BCUT2D eigenvalue weighted by Crippen LogP contribution is -2.10. The molecule has 20 heavy (non-hydrogen) atoms. The van der Waals surface area contributed by atoms with Crippen molar-refractivity contribution < 1.29 is 9.15 Å². The maximum absolute atomic E-state index is 5.94. The SMILES string of the molecule is CCNCc1coc(COc2c(C)ccc(C)c2C)c1. The number of hydrogen-bond acceptors (Lipinski definition) is 3. The van der Waals surface area contributed by atoms with Gasteiger partial charge in [-0.25, -0.2) is 0 Å². The summed E-state index contributed by atoms with van der Waals surface area (Å²) in [4.78, 5) is 0. The van der Waals surface area contributed by atoms with Crippen molar-refractivity contribution in [2.75, 3.05) is 6.54 Å². The van der Waals surface area contributed by atoms with Crippen LogP contribution in [0.3, 0.4) is 0 Å². The Morgan fingerprint density at radius 1 is 1.15 bits per heavy atom. The van der Waals surface area contributed by atoms with Gasteiger partial charge in [0.25, 0.3) is 0 Å². The molecule has 0 saturated heterocycles. The van der Waals surface area contributed by atoms with Crippen LogP contribution in [0, 0.1) is 20.8 Å². The van der Waals surface area contributed by atoms with Crippen molar-refractivity contribution in [1.82, 2.24) is 5.32 Å². The molecular weight excluding hydrogens is 250 g/mol. The van der Waals surface area contributed by atoms with Crippen LogP contribution in [0.4, 0.5) is 0 Å². The standard InChI is InChI=1S/C17H23NO2/c1-5-18-9-15-8-16(19-10-15)11-20-17-13(3)7-6-12(2)14(17)4/h6-8,10,18H,5,9,11H2,1-4H3. The Morgan fingerprint density at radius 3 is 2.65 bits per heavy atom. The van der Waals surface area contributed by atoms with Crippen LogP contribution in [0.2, 0.25) is 0 Å². The second kappa shape index (κ2) is 6.62. The molecule has 0 radical (unpaired) electrons. The largest absolute Gasteiger partial charge is 0.485 e. The average Bonchev–Trinajstić information content (AvgIpc) is 2.89. The minimum absolute atomic E-state index is 0.470. The van der Waals surface area contributed by atoms with E-state index < -0.39 is 0 Å². The third-order valence-corrected chi connectivity index (χ3v) is 3.52. The molecule has 0 saturated carbocycles. The van der Waals surface area contributed by atoms with Crippen LogP contribution in [0.15, 0.2) is 28.9 Å². The van der Waals surface area contributed by atoms with Crippen LogP contribution in [0.1, 0.15) is 34.9 Å². The van der Waals surface area contributed by atoms with Crippen molar-refractivity contribution in [1.29, 1.82) is 0 Å². The number of furan rings is 1. The van der Waals surface area contributed by atoms with E-state index in [0.717, 1.165) is 35.7 Å². The highest BCUT2D eigenvalue weighted by Gasteiger charge is 2.08. The number of benzene rings is 1. The average molecular weight is 273 g/mol. The number of nitrogens with one attached hydrogen (secondary N) is 1. The maximum atomic E-state index is 5.94. The van der Waals surface area contributed by atoms with Gasteiger partial charge in [-0.15, -0.1) is 0 Å². The Morgan fingerprint density at radius 2 is 1.90 bits per heavy atom. The van der Waals surface area contributed by atoms with E-state index in [4.69, 9.17) is 9.15 Å². The van der Waals surface area contributed by atoms with Gasteiger partial charge in [-0.2, -0.15) is 0 Å². The summed E-state index contributed by atoms with van der Waals surface area (Å²) in [5.74, 6) is 1.83. The van der Waals surface area contributed by atoms with Gasteiger partial charge in [-0.1, -0.05) is 19.1 Å². The summed E-state index contributed by atoms with van der Waals surface area (Å²) in [6, 6.07) is 6.26. The van der Waals surface area contributed by atoms with Gasteiger partial charge in [0.05, 0.1) is 6.26 Å². The van der Waals surface area contributed by atoms with Crippen LogP contribution in [-0.4, -0.2) is 6.54 Å². The predicted molar refractivity (Wildman–Crippen MR) is 81.1 cm³/mol. The molecule has 0 aliphatic carbocycles. The molecule has 108 valence electrons. The summed E-state index contributed by atoms with van der Waals surface area (Å²) in [7, 11) is 0. The molecule has 2 rings (SSSR count). The van der Waals surface area contributed by atoms with E-state index in [9.17, 15) is 0 Å². The molecular formula is C17H23NO2. The number of ether oxygens (including phenoxy) is 1. The van der Waals surface area contributed by atoms with Crippen molar-refractivity contribution in [3.63, 3.8) is 0 Å². The molecule has 0 bridgehead atoms. The summed E-state index contributed by atoms with van der Waals surface area (Å²) in [5, 5.41) is 3.28. The lowest BCUT2D eigenvalue weighted by Gasteiger charge is -2.12. The summed E-state index contributed by atoms with van der Waals surface area (Å²) in [5.41, 5.74) is 4.76. The quantitative estimate of drug-likeness (QED) is 0.867. The van der Waals surface area contributed by atoms with Crippen molar-refractivity contribution in [2.24, 2.45) is 0 Å². The summed E-state index contributed by atoms with van der Waals surface area (Å²) >= 11 is 0. The topological polar surface area (TPSA) is 34.4 Å². The summed E-state index contributed by atoms with van der Waals surface area (Å²) in [6.07, 6.45) is 1.79. The zero-order valence-corrected chi connectivity index (χ0v) is 12.7. The van der Waals surface area contributed by atoms with E-state index in [1.54, 1.807) is 6.26 Å². The van der Waals surface area contributed by atoms with Gasteiger partial charge in [0, 0.05) is 12.1 Å². The molecule has 0 unspecified atom stereocenters. The lowest BCUT2D eigenvalue weighted by molar-refractivity contribution is 0.267. The second-order valence-corrected chi connectivity index (χ2v) is 5.14. The molecule has 0 aliphatic rings. The Labute approximate surface area is 121 Å². The van der Waals surface area contributed by atoms with E-state index in [2.05, 4.69) is 45.1 Å². The molecule has 2 aromatic rings. The third kappa shape index (κ3) is 3.42. The van der Waals surface area contributed by atoms with Crippen molar-refractivity contribution in [3.8, 4) is 5.75 Å². The fraction of sp³-hybridized carbons (Fsp3) is 0.412. The highest BCUT2D eigenvalue weighted by molar-refractivity contribution is 5.44. The Balaban J connectivity index is 2.02. The van der Waals surface area contributed by atoms with Crippen LogP contribution < -0.4 is 10.1 Å². The fourth-order valence-electron chi connectivity index (χ4n) is 2.15. The number of aryl methyl sites for hydroxylation is 2. The molecule has 0 fully saturated rings. The van der Waals surface area contributed by atoms with Crippen LogP contribution in [0.5, 0.6) is 5.75 Å². The molecule has 0 spiro atoms. The first kappa shape index (κ1) is 14.7. The molecule has 1 aromatic carbocycles. The first-order chi connectivity index (χ1) is 9.61. The highest BCUT2D eigenvalue weighted by Crippen LogP contribution is 2.26. The van der Waals surface area contributed by atoms with E-state index in [0.29, 0.717) is 6.61 Å². The van der Waals surface area contributed by atoms with Crippen LogP contribution >= 0.6 is 0 Å². The van der Waals surface area contributed by atoms with Crippen molar-refractivity contribution >= 4 is 0 Å². The molecule has 0 amide bonds. The van der Waals surface area contributed by atoms with Gasteiger partial charge in [0.15, 0.2) is 0 Å². The number of rotatable bonds is 6. The van der Waals surface area contributed by atoms with Crippen LogP contribution in [0.25, 0.3) is 0 Å². The van der Waals surface area contributed by atoms with E-state index in [1.165, 1.54) is 11.1 Å². The first-order valence-corrected chi connectivity index (χ1v) is 7.08. The molecule has 1 N–H and O–H groups in total. The molecule has 3 heteroatoms. The van der Waals surface area contributed by atoms with E-state index in [-0.39, 0.29) is 0 Å². The molecule has 0 aliphatic heterocycles. The van der Waals surface area contributed by atoms with E-state index in [1.807, 2.05) is 6.07 Å². The molecule has 3 nitrogen and oxygen atoms in total. The lowest BCUT2D eigenvalue weighted by atomic mass is 10.1. The molecule has 1 heterocycles. The Kier molecular flexibility index (Phi) is 4.85. The first-order valence-electron chi connectivity index (χ1n) is 7.08. The zero-order chi connectivity index (χ0) is 14.5. The molecule has 0 atom stereocenters. The van der Waals surface area contributed by atoms with Crippen molar-refractivity contribution in [3.05, 3.63) is 52.5 Å². The smallest absolute Gasteiger partial charge is 0.146 e. The zero-order valence-electron chi connectivity index (χ0n) is 12.7. The minimum atomic E-state index is 0.470. The Bertz CT molecular complexity index is 572. The van der Waals surface area contributed by atoms with Crippen LogP contribution in [-0.2, 0) is 13.2 Å². The van der Waals surface area contributed by atoms with Gasteiger partial charge >= 0.3 is 0 Å². The maximum Gasteiger partial charge on any atom is 0.146 e. The number of hydrogen-bond donors (Lipinski definition) is 1. The van der Waals surface area contributed by atoms with Gasteiger partial charge in [-0.05, 0) is 50.1 Å². The van der Waals surface area contributed by atoms with Crippen molar-refractivity contribution in [2.45, 2.75) is 40.8 Å². The highest BCUT2D eigenvalue weighted by atomic mass is 16.5. The monoisotopic (exact) mass is 273 g/mol. The summed E-state index contributed by atoms with van der Waals surface area (Å²) < 4.78 is 11.5. The van der Waals surface area contributed by atoms with Gasteiger partial charge in [0.1, 0.15) is 18.1 Å². The predicted octanol–water partition coefficient (Wildman–Crippen LogP) is 3.89. The van der Waals surface area contributed by atoms with Gasteiger partial charge in [0.2, 0.25) is 0 Å². The molecule has 1 aromatic heterocycles.